The molecule has 0 aliphatic carbocycles. The van der Waals surface area contributed by atoms with Crippen LogP contribution in [0.4, 0.5) is 0 Å². The predicted octanol–water partition coefficient (Wildman–Crippen LogP) is 3.13. The molecule has 0 bridgehead atoms. The first-order chi connectivity index (χ1) is 12.7. The molecule has 0 fully saturated rings. The number of carbonyl (C=O) groups is 1. The zero-order valence-corrected chi connectivity index (χ0v) is 14.2. The van der Waals surface area contributed by atoms with Gasteiger partial charge in [-0.05, 0) is 13.0 Å². The SMILES string of the molecule is Cc1occc1C(=O)N/N=C\c1cn(CCC#N)nc1-c1ccccc1. The van der Waals surface area contributed by atoms with Crippen molar-refractivity contribution in [2.45, 2.75) is 19.9 Å². The lowest BCUT2D eigenvalue weighted by molar-refractivity contribution is 0.0953. The lowest BCUT2D eigenvalue weighted by atomic mass is 10.1. The molecule has 26 heavy (non-hydrogen) atoms. The highest BCUT2D eigenvalue weighted by Crippen LogP contribution is 2.20. The van der Waals surface area contributed by atoms with Gasteiger partial charge in [-0.3, -0.25) is 9.48 Å². The fourth-order valence-corrected chi connectivity index (χ4v) is 2.47. The zero-order valence-electron chi connectivity index (χ0n) is 14.2. The van der Waals surface area contributed by atoms with Crippen LogP contribution in [-0.4, -0.2) is 21.9 Å². The van der Waals surface area contributed by atoms with Gasteiger partial charge in [-0.1, -0.05) is 30.3 Å². The summed E-state index contributed by atoms with van der Waals surface area (Å²) in [5.74, 6) is 0.192. The molecule has 0 saturated heterocycles. The molecular weight excluding hydrogens is 330 g/mol. The van der Waals surface area contributed by atoms with Crippen LogP contribution in [-0.2, 0) is 6.54 Å². The largest absolute Gasteiger partial charge is 0.469 e. The first-order valence-corrected chi connectivity index (χ1v) is 8.06. The number of aryl methyl sites for hydroxylation is 2. The molecule has 7 heteroatoms. The minimum absolute atomic E-state index is 0.342. The Morgan fingerprint density at radius 1 is 1.38 bits per heavy atom. The van der Waals surface area contributed by atoms with E-state index in [9.17, 15) is 4.79 Å². The molecule has 0 atom stereocenters. The van der Waals surface area contributed by atoms with E-state index in [1.807, 2.05) is 30.3 Å². The quantitative estimate of drug-likeness (QED) is 0.547. The maximum atomic E-state index is 12.1. The average molecular weight is 347 g/mol. The lowest BCUT2D eigenvalue weighted by Gasteiger charge is -1.99. The number of nitriles is 1. The van der Waals surface area contributed by atoms with Gasteiger partial charge in [0.1, 0.15) is 11.5 Å². The van der Waals surface area contributed by atoms with E-state index in [0.717, 1.165) is 16.8 Å². The zero-order chi connectivity index (χ0) is 18.4. The van der Waals surface area contributed by atoms with E-state index in [2.05, 4.69) is 21.7 Å². The van der Waals surface area contributed by atoms with Crippen molar-refractivity contribution in [1.29, 1.82) is 5.26 Å². The Hall–Kier alpha value is -3.66. The van der Waals surface area contributed by atoms with E-state index in [0.29, 0.717) is 24.3 Å². The Morgan fingerprint density at radius 2 is 2.19 bits per heavy atom. The molecule has 3 rings (SSSR count). The molecule has 130 valence electrons. The van der Waals surface area contributed by atoms with E-state index in [1.54, 1.807) is 30.1 Å². The molecule has 1 N–H and O–H groups in total. The molecule has 0 aliphatic heterocycles. The second-order valence-electron chi connectivity index (χ2n) is 5.56. The third-order valence-electron chi connectivity index (χ3n) is 3.76. The van der Waals surface area contributed by atoms with Crippen molar-refractivity contribution < 1.29 is 9.21 Å². The second-order valence-corrected chi connectivity index (χ2v) is 5.56. The van der Waals surface area contributed by atoms with Gasteiger partial charge in [0, 0.05) is 17.3 Å². The van der Waals surface area contributed by atoms with Gasteiger partial charge in [0.2, 0.25) is 0 Å². The molecule has 7 nitrogen and oxygen atoms in total. The van der Waals surface area contributed by atoms with E-state index >= 15 is 0 Å². The highest BCUT2D eigenvalue weighted by atomic mass is 16.3. The van der Waals surface area contributed by atoms with Crippen molar-refractivity contribution in [3.8, 4) is 17.3 Å². The average Bonchev–Trinajstić information content (AvgIpc) is 3.27. The van der Waals surface area contributed by atoms with Crippen LogP contribution >= 0.6 is 0 Å². The van der Waals surface area contributed by atoms with Crippen LogP contribution in [0.5, 0.6) is 0 Å². The maximum Gasteiger partial charge on any atom is 0.274 e. The number of hydrogen-bond donors (Lipinski definition) is 1. The van der Waals surface area contributed by atoms with Gasteiger partial charge >= 0.3 is 0 Å². The molecule has 1 aromatic carbocycles. The molecule has 0 saturated carbocycles. The molecule has 0 aliphatic rings. The summed E-state index contributed by atoms with van der Waals surface area (Å²) in [4.78, 5) is 12.1. The van der Waals surface area contributed by atoms with Crippen LogP contribution in [0.2, 0.25) is 0 Å². The number of rotatable bonds is 6. The van der Waals surface area contributed by atoms with E-state index in [1.165, 1.54) is 6.26 Å². The number of hydrazone groups is 1. The Kier molecular flexibility index (Phi) is 5.25. The third kappa shape index (κ3) is 3.87. The van der Waals surface area contributed by atoms with Gasteiger partial charge in [0.15, 0.2) is 0 Å². The number of amides is 1. The second kappa shape index (κ2) is 7.94. The van der Waals surface area contributed by atoms with Gasteiger partial charge in [-0.25, -0.2) is 5.43 Å². The molecule has 1 amide bonds. The number of aromatic nitrogens is 2. The summed E-state index contributed by atoms with van der Waals surface area (Å²) in [6, 6.07) is 13.4. The number of benzene rings is 1. The van der Waals surface area contributed by atoms with Gasteiger partial charge in [-0.2, -0.15) is 15.5 Å². The standard InChI is InChI=1S/C19H17N5O2/c1-14-17(8-11-26-14)19(25)22-21-12-16-13-24(10-5-9-20)23-18(16)15-6-3-2-4-7-15/h2-4,6-8,11-13H,5,10H2,1H3,(H,22,25)/b21-12-. The maximum absolute atomic E-state index is 12.1. The van der Waals surface area contributed by atoms with Gasteiger partial charge in [-0.15, -0.1) is 0 Å². The fraction of sp³-hybridized carbons (Fsp3) is 0.158. The number of nitrogens with one attached hydrogen (secondary N) is 1. The Balaban J connectivity index is 1.81. The predicted molar refractivity (Wildman–Crippen MR) is 96.4 cm³/mol. The number of carbonyl (C=O) groups excluding carboxylic acids is 1. The monoisotopic (exact) mass is 347 g/mol. The molecule has 0 spiro atoms. The smallest absolute Gasteiger partial charge is 0.274 e. The van der Waals surface area contributed by atoms with Crippen LogP contribution in [0.1, 0.15) is 28.1 Å². The van der Waals surface area contributed by atoms with Crippen molar-refractivity contribution in [2.24, 2.45) is 5.10 Å². The first kappa shape index (κ1) is 17.2. The lowest BCUT2D eigenvalue weighted by Crippen LogP contribution is -2.17. The molecule has 2 aromatic heterocycles. The Labute approximate surface area is 150 Å². The molecule has 0 unspecified atom stereocenters. The summed E-state index contributed by atoms with van der Waals surface area (Å²) >= 11 is 0. The summed E-state index contributed by atoms with van der Waals surface area (Å²) in [7, 11) is 0. The Morgan fingerprint density at radius 3 is 2.88 bits per heavy atom. The summed E-state index contributed by atoms with van der Waals surface area (Å²) in [6.45, 7) is 2.20. The van der Waals surface area contributed by atoms with Crippen LogP contribution in [0.25, 0.3) is 11.3 Å². The third-order valence-corrected chi connectivity index (χ3v) is 3.76. The number of hydrogen-bond acceptors (Lipinski definition) is 5. The first-order valence-electron chi connectivity index (χ1n) is 8.06. The van der Waals surface area contributed by atoms with Crippen LogP contribution < -0.4 is 5.43 Å². The molecule has 3 aromatic rings. The van der Waals surface area contributed by atoms with E-state index in [4.69, 9.17) is 9.68 Å². The van der Waals surface area contributed by atoms with Crippen molar-refractivity contribution in [3.63, 3.8) is 0 Å². The van der Waals surface area contributed by atoms with Crippen molar-refractivity contribution in [2.75, 3.05) is 0 Å². The van der Waals surface area contributed by atoms with Crippen LogP contribution in [0.15, 0.2) is 58.4 Å². The number of furan rings is 1. The van der Waals surface area contributed by atoms with E-state index in [-0.39, 0.29) is 5.91 Å². The highest BCUT2D eigenvalue weighted by Gasteiger charge is 2.12. The van der Waals surface area contributed by atoms with Gasteiger partial charge in [0.25, 0.3) is 5.91 Å². The van der Waals surface area contributed by atoms with Crippen LogP contribution in [0.3, 0.4) is 0 Å². The number of nitrogens with zero attached hydrogens (tertiary/aromatic N) is 4. The molecule has 2 heterocycles. The minimum atomic E-state index is -0.342. The minimum Gasteiger partial charge on any atom is -0.469 e. The summed E-state index contributed by atoms with van der Waals surface area (Å²) < 4.78 is 6.82. The fourth-order valence-electron chi connectivity index (χ4n) is 2.47. The van der Waals surface area contributed by atoms with Crippen molar-refractivity contribution in [1.82, 2.24) is 15.2 Å². The molecule has 0 radical (unpaired) electrons. The van der Waals surface area contributed by atoms with E-state index < -0.39 is 0 Å². The summed E-state index contributed by atoms with van der Waals surface area (Å²) in [5.41, 5.74) is 5.34. The highest BCUT2D eigenvalue weighted by molar-refractivity contribution is 5.96. The summed E-state index contributed by atoms with van der Waals surface area (Å²) in [5, 5.41) is 17.3. The van der Waals surface area contributed by atoms with Crippen molar-refractivity contribution in [3.05, 3.63) is 65.7 Å². The normalized spacial score (nSPS) is 10.8. The van der Waals surface area contributed by atoms with Crippen LogP contribution in [0, 0.1) is 18.3 Å². The van der Waals surface area contributed by atoms with Gasteiger partial charge < -0.3 is 4.42 Å². The van der Waals surface area contributed by atoms with Gasteiger partial charge in [0.05, 0.1) is 37.1 Å². The Bertz CT molecular complexity index is 963. The summed E-state index contributed by atoms with van der Waals surface area (Å²) in [6.07, 6.45) is 5.17. The molecular formula is C19H17N5O2. The topological polar surface area (TPSA) is 96.2 Å². The van der Waals surface area contributed by atoms with Crippen molar-refractivity contribution >= 4 is 12.1 Å².